The minimum absolute atomic E-state index is 0.120. The molecule has 2 unspecified atom stereocenters. The second-order valence-electron chi connectivity index (χ2n) is 5.04. The maximum atomic E-state index is 11.9. The van der Waals surface area contributed by atoms with Crippen LogP contribution in [0.15, 0.2) is 30.3 Å². The fourth-order valence-corrected chi connectivity index (χ4v) is 2.72. The second kappa shape index (κ2) is 5.87. The number of carbonyl (C=O) groups is 2. The molecule has 0 radical (unpaired) electrons. The lowest BCUT2D eigenvalue weighted by Crippen LogP contribution is -2.40. The number of carbonyl (C=O) groups excluding carboxylic acids is 2. The monoisotopic (exact) mass is 271 g/mol. The first-order valence-corrected chi connectivity index (χ1v) is 6.79. The molecule has 0 amide bonds. The van der Waals surface area contributed by atoms with Gasteiger partial charge in [-0.25, -0.2) is 0 Å². The van der Waals surface area contributed by atoms with Gasteiger partial charge < -0.3 is 4.74 Å². The van der Waals surface area contributed by atoms with Crippen molar-refractivity contribution < 1.29 is 14.3 Å². The van der Waals surface area contributed by atoms with Gasteiger partial charge in [0.25, 0.3) is 0 Å². The van der Waals surface area contributed by atoms with Crippen LogP contribution in [0.4, 0.5) is 0 Å². The van der Waals surface area contributed by atoms with Gasteiger partial charge in [0.15, 0.2) is 0 Å². The summed E-state index contributed by atoms with van der Waals surface area (Å²) in [7, 11) is 0. The van der Waals surface area contributed by atoms with E-state index >= 15 is 0 Å². The number of nitrogens with zero attached hydrogens (tertiary/aromatic N) is 1. The van der Waals surface area contributed by atoms with Gasteiger partial charge in [-0.3, -0.25) is 9.59 Å². The minimum Gasteiger partial charge on any atom is -0.465 e. The smallest absolute Gasteiger partial charge is 0.316 e. The zero-order valence-corrected chi connectivity index (χ0v) is 11.5. The summed E-state index contributed by atoms with van der Waals surface area (Å²) in [5.74, 6) is -1.44. The highest BCUT2D eigenvalue weighted by molar-refractivity contribution is 6.00. The Morgan fingerprint density at radius 3 is 2.75 bits per heavy atom. The van der Waals surface area contributed by atoms with Crippen molar-refractivity contribution in [2.24, 2.45) is 5.92 Å². The molecule has 0 spiro atoms. The van der Waals surface area contributed by atoms with Gasteiger partial charge in [-0.05, 0) is 25.3 Å². The number of ether oxygens (including phenoxy) is 1. The molecule has 1 aliphatic carbocycles. The number of Topliss-reactive ketones (excluding diaryl/α,β-unsaturated/α-hetero) is 1. The van der Waals surface area contributed by atoms with Crippen molar-refractivity contribution in [3.63, 3.8) is 0 Å². The molecule has 0 aliphatic heterocycles. The van der Waals surface area contributed by atoms with Gasteiger partial charge in [-0.15, -0.1) is 0 Å². The number of rotatable bonds is 3. The Balaban J connectivity index is 2.31. The zero-order chi connectivity index (χ0) is 14.6. The molecule has 2 atom stereocenters. The summed E-state index contributed by atoms with van der Waals surface area (Å²) < 4.78 is 4.96. The van der Waals surface area contributed by atoms with Gasteiger partial charge in [0.1, 0.15) is 11.7 Å². The third-order valence-electron chi connectivity index (χ3n) is 3.85. The number of esters is 1. The first kappa shape index (κ1) is 14.3. The zero-order valence-electron chi connectivity index (χ0n) is 11.5. The summed E-state index contributed by atoms with van der Waals surface area (Å²) in [6.45, 7) is 1.95. The number of nitriles is 1. The van der Waals surface area contributed by atoms with Crippen LogP contribution in [0.3, 0.4) is 0 Å². The molecule has 4 nitrogen and oxygen atoms in total. The third-order valence-corrected chi connectivity index (χ3v) is 3.85. The lowest BCUT2D eigenvalue weighted by molar-refractivity contribution is -0.153. The normalized spacial score (nSPS) is 25.8. The molecule has 0 saturated heterocycles. The van der Waals surface area contributed by atoms with Crippen LogP contribution >= 0.6 is 0 Å². The quantitative estimate of drug-likeness (QED) is 0.625. The van der Waals surface area contributed by atoms with Crippen LogP contribution in [0.25, 0.3) is 0 Å². The lowest BCUT2D eigenvalue weighted by Gasteiger charge is -2.34. The van der Waals surface area contributed by atoms with E-state index in [1.165, 1.54) is 0 Å². The fraction of sp³-hybridized carbons (Fsp3) is 0.438. The maximum absolute atomic E-state index is 11.9. The van der Waals surface area contributed by atoms with Gasteiger partial charge >= 0.3 is 5.97 Å². The molecule has 1 aromatic carbocycles. The van der Waals surface area contributed by atoms with Gasteiger partial charge in [0.05, 0.1) is 18.1 Å². The van der Waals surface area contributed by atoms with E-state index in [2.05, 4.69) is 6.07 Å². The summed E-state index contributed by atoms with van der Waals surface area (Å²) in [5.41, 5.74) is 0.0939. The fourth-order valence-electron chi connectivity index (χ4n) is 2.72. The average molecular weight is 271 g/mol. The topological polar surface area (TPSA) is 67.2 Å². The van der Waals surface area contributed by atoms with Crippen LogP contribution in [-0.4, -0.2) is 18.4 Å². The lowest BCUT2D eigenvalue weighted by atomic mass is 9.66. The summed E-state index contributed by atoms with van der Waals surface area (Å²) in [6.07, 6.45) is 0.916. The maximum Gasteiger partial charge on any atom is 0.316 e. The summed E-state index contributed by atoms with van der Waals surface area (Å²) in [4.78, 5) is 23.8. The van der Waals surface area contributed by atoms with Crippen LogP contribution in [0.2, 0.25) is 0 Å². The van der Waals surface area contributed by atoms with Crippen molar-refractivity contribution in [3.8, 4) is 6.07 Å². The molecule has 4 heteroatoms. The van der Waals surface area contributed by atoms with Gasteiger partial charge in [0.2, 0.25) is 0 Å². The molecular weight excluding hydrogens is 254 g/mol. The largest absolute Gasteiger partial charge is 0.465 e. The summed E-state index contributed by atoms with van der Waals surface area (Å²) in [6, 6.07) is 11.7. The van der Waals surface area contributed by atoms with E-state index in [-0.39, 0.29) is 25.2 Å². The molecule has 0 heterocycles. The van der Waals surface area contributed by atoms with Crippen molar-refractivity contribution in [3.05, 3.63) is 35.9 Å². The van der Waals surface area contributed by atoms with E-state index in [0.717, 1.165) is 5.56 Å². The first-order valence-electron chi connectivity index (χ1n) is 6.79. The Kier molecular flexibility index (Phi) is 4.19. The molecule has 0 N–H and O–H groups in total. The highest BCUT2D eigenvalue weighted by Crippen LogP contribution is 2.40. The van der Waals surface area contributed by atoms with Crippen LogP contribution in [-0.2, 0) is 19.7 Å². The van der Waals surface area contributed by atoms with Crippen LogP contribution in [0.5, 0.6) is 0 Å². The Bertz CT molecular complexity index is 547. The van der Waals surface area contributed by atoms with Crippen molar-refractivity contribution in [2.45, 2.75) is 31.6 Å². The Hall–Kier alpha value is -2.15. The van der Waals surface area contributed by atoms with Crippen LogP contribution in [0.1, 0.15) is 31.7 Å². The molecule has 104 valence electrons. The van der Waals surface area contributed by atoms with Crippen LogP contribution in [0, 0.1) is 17.2 Å². The molecule has 1 aliphatic rings. The third kappa shape index (κ3) is 2.57. The first-order chi connectivity index (χ1) is 9.63. The Morgan fingerprint density at radius 2 is 2.15 bits per heavy atom. The average Bonchev–Trinajstić information content (AvgIpc) is 2.49. The Morgan fingerprint density at radius 1 is 1.45 bits per heavy atom. The highest BCUT2D eigenvalue weighted by Gasteiger charge is 2.45. The second-order valence-corrected chi connectivity index (χ2v) is 5.04. The van der Waals surface area contributed by atoms with Gasteiger partial charge in [0, 0.05) is 6.42 Å². The van der Waals surface area contributed by atoms with E-state index in [1.807, 2.05) is 30.3 Å². The number of hydrogen-bond donors (Lipinski definition) is 0. The summed E-state index contributed by atoms with van der Waals surface area (Å²) in [5, 5.41) is 9.60. The highest BCUT2D eigenvalue weighted by atomic mass is 16.5. The van der Waals surface area contributed by atoms with Gasteiger partial charge in [-0.2, -0.15) is 5.26 Å². The van der Waals surface area contributed by atoms with Crippen molar-refractivity contribution in [2.75, 3.05) is 6.61 Å². The van der Waals surface area contributed by atoms with E-state index < -0.39 is 17.3 Å². The molecule has 20 heavy (non-hydrogen) atoms. The molecular formula is C16H17NO3. The number of ketones is 1. The molecule has 0 bridgehead atoms. The summed E-state index contributed by atoms with van der Waals surface area (Å²) >= 11 is 0. The van der Waals surface area contributed by atoms with Crippen molar-refractivity contribution >= 4 is 11.8 Å². The SMILES string of the molecule is CCOC(=O)C1CC(C#N)(c2ccccc2)CCC1=O. The number of benzene rings is 1. The van der Waals surface area contributed by atoms with Gasteiger partial charge in [-0.1, -0.05) is 30.3 Å². The van der Waals surface area contributed by atoms with E-state index in [1.54, 1.807) is 6.92 Å². The van der Waals surface area contributed by atoms with E-state index in [0.29, 0.717) is 6.42 Å². The predicted octanol–water partition coefficient (Wildman–Crippen LogP) is 2.38. The molecule has 2 rings (SSSR count). The standard InChI is InChI=1S/C16H17NO3/c1-2-20-15(19)13-10-16(11-17,9-8-14(13)18)12-6-4-3-5-7-12/h3-7,13H,2,8-10H2,1H3. The van der Waals surface area contributed by atoms with E-state index in [9.17, 15) is 14.9 Å². The molecule has 1 saturated carbocycles. The van der Waals surface area contributed by atoms with Crippen molar-refractivity contribution in [1.82, 2.24) is 0 Å². The van der Waals surface area contributed by atoms with E-state index in [4.69, 9.17) is 4.74 Å². The number of hydrogen-bond acceptors (Lipinski definition) is 4. The van der Waals surface area contributed by atoms with Crippen LogP contribution < -0.4 is 0 Å². The molecule has 1 aromatic rings. The molecule has 0 aromatic heterocycles. The predicted molar refractivity (Wildman–Crippen MR) is 72.7 cm³/mol. The Labute approximate surface area is 118 Å². The molecule has 1 fully saturated rings. The minimum atomic E-state index is -0.816. The van der Waals surface area contributed by atoms with Crippen molar-refractivity contribution in [1.29, 1.82) is 5.26 Å².